The summed E-state index contributed by atoms with van der Waals surface area (Å²) >= 11 is 0. The van der Waals surface area contributed by atoms with Crippen LogP contribution in [0.15, 0.2) is 89.8 Å². The van der Waals surface area contributed by atoms with Crippen molar-refractivity contribution in [1.82, 2.24) is 4.98 Å². The summed E-state index contributed by atoms with van der Waals surface area (Å²) in [6.45, 7) is -0.0725. The van der Waals surface area contributed by atoms with Crippen LogP contribution in [0.2, 0.25) is 0 Å². The fourth-order valence-electron chi connectivity index (χ4n) is 3.55. The van der Waals surface area contributed by atoms with Crippen LogP contribution < -0.4 is 5.32 Å². The Kier molecular flexibility index (Phi) is 6.71. The van der Waals surface area contributed by atoms with Gasteiger partial charge in [-0.2, -0.15) is 5.26 Å². The highest BCUT2D eigenvalue weighted by Gasteiger charge is 2.17. The van der Waals surface area contributed by atoms with Gasteiger partial charge in [0.15, 0.2) is 15.6 Å². The van der Waals surface area contributed by atoms with Crippen molar-refractivity contribution in [2.24, 2.45) is 0 Å². The van der Waals surface area contributed by atoms with Crippen LogP contribution in [0.25, 0.3) is 22.4 Å². The fourth-order valence-corrected chi connectivity index (χ4v) is 4.18. The molecule has 0 radical (unpaired) electrons. The van der Waals surface area contributed by atoms with E-state index in [1.807, 2.05) is 6.07 Å². The number of nitrogens with zero attached hydrogens (tertiary/aromatic N) is 2. The fraction of sp³-hybridized carbons (Fsp3) is 0.0741. The number of anilines is 1. The number of pyridine rings is 1. The number of nitrogens with one attached hydrogen (secondary N) is 1. The Labute approximate surface area is 202 Å². The van der Waals surface area contributed by atoms with Crippen LogP contribution in [-0.4, -0.2) is 32.0 Å². The van der Waals surface area contributed by atoms with Crippen molar-refractivity contribution in [3.63, 3.8) is 0 Å². The molecule has 1 N–H and O–H groups in total. The largest absolute Gasteiger partial charge is 0.361 e. The van der Waals surface area contributed by atoms with Crippen LogP contribution >= 0.6 is 0 Å². The highest BCUT2D eigenvalue weighted by molar-refractivity contribution is 7.90. The first kappa shape index (κ1) is 23.8. The lowest BCUT2D eigenvalue weighted by Gasteiger charge is -2.15. The molecule has 8 heteroatoms. The molecule has 0 aliphatic heterocycles. The van der Waals surface area contributed by atoms with E-state index >= 15 is 0 Å². The monoisotopic (exact) mass is 485 g/mol. The van der Waals surface area contributed by atoms with Gasteiger partial charge in [-0.25, -0.2) is 17.8 Å². The predicted octanol–water partition coefficient (Wildman–Crippen LogP) is 5.12. The second-order valence-corrected chi connectivity index (χ2v) is 9.85. The van der Waals surface area contributed by atoms with Crippen molar-refractivity contribution in [3.8, 4) is 28.5 Å². The zero-order chi connectivity index (χ0) is 25.0. The van der Waals surface area contributed by atoms with Crippen molar-refractivity contribution in [2.75, 3.05) is 18.1 Å². The smallest absolute Gasteiger partial charge is 0.181 e. The van der Waals surface area contributed by atoms with Crippen LogP contribution in [0.5, 0.6) is 0 Å². The highest BCUT2D eigenvalue weighted by atomic mass is 32.2. The molecule has 0 saturated heterocycles. The number of halogens is 1. The predicted molar refractivity (Wildman–Crippen MR) is 132 cm³/mol. The Morgan fingerprint density at radius 3 is 2.20 bits per heavy atom. The molecule has 0 fully saturated rings. The van der Waals surface area contributed by atoms with Gasteiger partial charge in [0.1, 0.15) is 17.7 Å². The molecule has 1 aromatic heterocycles. The molecule has 0 unspecified atom stereocenters. The van der Waals surface area contributed by atoms with Gasteiger partial charge in [0.05, 0.1) is 22.7 Å². The molecule has 0 amide bonds. The van der Waals surface area contributed by atoms with Gasteiger partial charge in [-0.3, -0.25) is 4.79 Å². The summed E-state index contributed by atoms with van der Waals surface area (Å²) in [6, 6.07) is 24.4. The maximum Gasteiger partial charge on any atom is 0.181 e. The quantitative estimate of drug-likeness (QED) is 0.365. The number of Topliss-reactive ketones (excluding diaryl/α,β-unsaturated/α-hetero) is 1. The van der Waals surface area contributed by atoms with E-state index in [9.17, 15) is 22.9 Å². The summed E-state index contributed by atoms with van der Waals surface area (Å²) in [6.07, 6.45) is 1.12. The van der Waals surface area contributed by atoms with E-state index in [0.717, 1.165) is 6.26 Å². The lowest BCUT2D eigenvalue weighted by Crippen LogP contribution is -2.16. The maximum atomic E-state index is 13.6. The Hall–Kier alpha value is -4.35. The summed E-state index contributed by atoms with van der Waals surface area (Å²) in [4.78, 5) is 17.3. The number of carbonyl (C=O) groups excluding carboxylic acids is 1. The van der Waals surface area contributed by atoms with Crippen LogP contribution in [0.4, 0.5) is 10.2 Å². The number of rotatable bonds is 7. The highest BCUT2D eigenvalue weighted by Crippen LogP contribution is 2.34. The van der Waals surface area contributed by atoms with Crippen LogP contribution in [-0.2, 0) is 9.84 Å². The SMILES string of the molecule is CS(=O)(=O)c1ccc(-c2cc(C#N)c(NCC(=O)c3ccccc3)nc2-c2ccc(F)cc2)cc1. The molecule has 4 aromatic rings. The second-order valence-electron chi connectivity index (χ2n) is 7.84. The molecule has 3 aromatic carbocycles. The molecule has 0 aliphatic carbocycles. The Morgan fingerprint density at radius 2 is 1.60 bits per heavy atom. The first-order valence-electron chi connectivity index (χ1n) is 10.6. The molecule has 1 heterocycles. The third-order valence-electron chi connectivity index (χ3n) is 5.37. The number of nitriles is 1. The number of hydrogen-bond acceptors (Lipinski definition) is 6. The number of aromatic nitrogens is 1. The standard InChI is InChI=1S/C27H20FN3O3S/c1-35(33,34)23-13-9-18(10-14-23)24-15-21(16-29)27(30-17-25(32)19-5-3-2-4-6-19)31-26(24)20-7-11-22(28)12-8-20/h2-15H,17H2,1H3,(H,30,31). The zero-order valence-electron chi connectivity index (χ0n) is 18.7. The van der Waals surface area contributed by atoms with Crippen molar-refractivity contribution in [3.05, 3.63) is 102 Å². The van der Waals surface area contributed by atoms with E-state index < -0.39 is 15.7 Å². The molecule has 174 valence electrons. The van der Waals surface area contributed by atoms with Gasteiger partial charge in [-0.15, -0.1) is 0 Å². The second kappa shape index (κ2) is 9.87. The van der Waals surface area contributed by atoms with Crippen LogP contribution in [0.1, 0.15) is 15.9 Å². The number of hydrogen-bond donors (Lipinski definition) is 1. The van der Waals surface area contributed by atoms with E-state index in [4.69, 9.17) is 0 Å². The van der Waals surface area contributed by atoms with Gasteiger partial charge in [-0.1, -0.05) is 42.5 Å². The summed E-state index contributed by atoms with van der Waals surface area (Å²) in [7, 11) is -3.38. The van der Waals surface area contributed by atoms with Gasteiger partial charge in [0, 0.05) is 22.9 Å². The molecule has 0 spiro atoms. The van der Waals surface area contributed by atoms with E-state index in [1.165, 1.54) is 24.3 Å². The van der Waals surface area contributed by atoms with E-state index in [0.29, 0.717) is 27.9 Å². The summed E-state index contributed by atoms with van der Waals surface area (Å²) in [5, 5.41) is 12.7. The van der Waals surface area contributed by atoms with E-state index in [1.54, 1.807) is 54.6 Å². The van der Waals surface area contributed by atoms with Gasteiger partial charge in [0.2, 0.25) is 0 Å². The normalized spacial score (nSPS) is 11.0. The average Bonchev–Trinajstić information content (AvgIpc) is 2.87. The molecule has 0 aliphatic rings. The first-order chi connectivity index (χ1) is 16.8. The molecule has 0 bridgehead atoms. The topological polar surface area (TPSA) is 99.9 Å². The number of sulfone groups is 1. The molecule has 0 atom stereocenters. The summed E-state index contributed by atoms with van der Waals surface area (Å²) in [5.41, 5.74) is 2.97. The maximum absolute atomic E-state index is 13.6. The number of benzene rings is 3. The average molecular weight is 486 g/mol. The summed E-state index contributed by atoms with van der Waals surface area (Å²) in [5.74, 6) is -0.360. The van der Waals surface area contributed by atoms with Gasteiger partial charge in [-0.05, 0) is 48.0 Å². The number of ketones is 1. The van der Waals surface area contributed by atoms with E-state index in [-0.39, 0.29) is 28.6 Å². The number of carbonyl (C=O) groups is 1. The molecule has 35 heavy (non-hydrogen) atoms. The van der Waals surface area contributed by atoms with Crippen LogP contribution in [0.3, 0.4) is 0 Å². The third-order valence-corrected chi connectivity index (χ3v) is 6.49. The molecule has 4 rings (SSSR count). The Balaban J connectivity index is 1.78. The van der Waals surface area contributed by atoms with Crippen molar-refractivity contribution in [1.29, 1.82) is 5.26 Å². The molecule has 6 nitrogen and oxygen atoms in total. The van der Waals surface area contributed by atoms with Crippen LogP contribution in [0, 0.1) is 17.1 Å². The minimum atomic E-state index is -3.38. The van der Waals surface area contributed by atoms with Gasteiger partial charge < -0.3 is 5.32 Å². The Bertz CT molecular complexity index is 1530. The minimum absolute atomic E-state index is 0.0725. The first-order valence-corrected chi connectivity index (χ1v) is 12.5. The summed E-state index contributed by atoms with van der Waals surface area (Å²) < 4.78 is 37.3. The zero-order valence-corrected chi connectivity index (χ0v) is 19.5. The van der Waals surface area contributed by atoms with Crippen molar-refractivity contribution >= 4 is 21.4 Å². The minimum Gasteiger partial charge on any atom is -0.361 e. The van der Waals surface area contributed by atoms with Gasteiger partial charge >= 0.3 is 0 Å². The third kappa shape index (κ3) is 5.42. The van der Waals surface area contributed by atoms with Gasteiger partial charge in [0.25, 0.3) is 0 Å². The van der Waals surface area contributed by atoms with Crippen molar-refractivity contribution < 1.29 is 17.6 Å². The molecular weight excluding hydrogens is 465 g/mol. The molecular formula is C27H20FN3O3S. The lowest BCUT2D eigenvalue weighted by molar-refractivity contribution is 0.101. The van der Waals surface area contributed by atoms with E-state index in [2.05, 4.69) is 16.4 Å². The lowest BCUT2D eigenvalue weighted by atomic mass is 9.97. The molecule has 0 saturated carbocycles. The van der Waals surface area contributed by atoms with Crippen molar-refractivity contribution in [2.45, 2.75) is 4.90 Å². The Morgan fingerprint density at radius 1 is 0.971 bits per heavy atom.